The molecule has 1 saturated heterocycles. The lowest BCUT2D eigenvalue weighted by Crippen LogP contribution is -2.44. The number of hydrogen-bond donors (Lipinski definition) is 3. The van der Waals surface area contributed by atoms with Gasteiger partial charge >= 0.3 is 0 Å². The molecule has 1 amide bonds. The summed E-state index contributed by atoms with van der Waals surface area (Å²) in [5, 5.41) is 5.99. The predicted molar refractivity (Wildman–Crippen MR) is 66.3 cm³/mol. The summed E-state index contributed by atoms with van der Waals surface area (Å²) >= 11 is 5.82. The minimum absolute atomic E-state index is 0.0244. The number of anilines is 1. The van der Waals surface area contributed by atoms with Gasteiger partial charge in [-0.2, -0.15) is 9.97 Å². The Morgan fingerprint density at radius 1 is 1.44 bits per heavy atom. The van der Waals surface area contributed by atoms with Crippen LogP contribution in [0.3, 0.4) is 0 Å². The normalized spacial score (nSPS) is 19.8. The van der Waals surface area contributed by atoms with Crippen LogP contribution in [0.4, 0.5) is 5.82 Å². The average Bonchev–Trinajstić information content (AvgIpc) is 2.80. The monoisotopic (exact) mass is 266 g/mol. The summed E-state index contributed by atoms with van der Waals surface area (Å²) in [6.07, 6.45) is 3.22. The fourth-order valence-electron chi connectivity index (χ4n) is 1.99. The molecule has 1 aliphatic heterocycles. The minimum Gasteiger partial charge on any atom is -0.356 e. The van der Waals surface area contributed by atoms with Gasteiger partial charge in [-0.3, -0.25) is 4.79 Å². The largest absolute Gasteiger partial charge is 0.356 e. The lowest BCUT2D eigenvalue weighted by Gasteiger charge is -2.23. The second kappa shape index (κ2) is 4.41. The fourth-order valence-corrected chi connectivity index (χ4v) is 2.15. The van der Waals surface area contributed by atoms with Gasteiger partial charge < -0.3 is 15.6 Å². The van der Waals surface area contributed by atoms with Crippen LogP contribution < -0.4 is 10.6 Å². The third kappa shape index (κ3) is 1.97. The maximum Gasteiger partial charge on any atom is 0.242 e. The first-order valence-corrected chi connectivity index (χ1v) is 6.03. The fraction of sp³-hybridized carbons (Fsp3) is 0.400. The van der Waals surface area contributed by atoms with Crippen LogP contribution in [-0.4, -0.2) is 38.4 Å². The summed E-state index contributed by atoms with van der Waals surface area (Å²) in [6, 6.07) is -0.295. The Hall–Kier alpha value is -1.89. The Bertz CT molecular complexity index is 597. The van der Waals surface area contributed by atoms with Crippen molar-refractivity contribution in [1.29, 1.82) is 0 Å². The first kappa shape index (κ1) is 11.2. The van der Waals surface area contributed by atoms with Crippen LogP contribution in [0.5, 0.6) is 0 Å². The Morgan fingerprint density at radius 2 is 2.33 bits per heavy atom. The highest BCUT2D eigenvalue weighted by molar-refractivity contribution is 6.28. The van der Waals surface area contributed by atoms with Crippen molar-refractivity contribution in [3.05, 3.63) is 11.6 Å². The topological polar surface area (TPSA) is 95.6 Å². The number of hydrogen-bond acceptors (Lipinski definition) is 5. The van der Waals surface area contributed by atoms with Gasteiger partial charge in [-0.05, 0) is 24.4 Å². The van der Waals surface area contributed by atoms with Gasteiger partial charge in [0.2, 0.25) is 11.2 Å². The number of halogens is 1. The van der Waals surface area contributed by atoms with Crippen molar-refractivity contribution in [3.8, 4) is 0 Å². The Kier molecular flexibility index (Phi) is 2.75. The number of nitrogens with zero attached hydrogens (tertiary/aromatic N) is 3. The molecule has 18 heavy (non-hydrogen) atoms. The van der Waals surface area contributed by atoms with Gasteiger partial charge in [0.1, 0.15) is 11.6 Å². The molecule has 0 saturated carbocycles. The molecule has 8 heteroatoms. The lowest BCUT2D eigenvalue weighted by molar-refractivity contribution is -0.123. The SMILES string of the molecule is O=C1NCCCC1Nc1nc(Cl)nc2nc[nH]c12. The van der Waals surface area contributed by atoms with E-state index in [0.717, 1.165) is 19.4 Å². The van der Waals surface area contributed by atoms with Gasteiger partial charge in [-0.15, -0.1) is 0 Å². The number of rotatable bonds is 2. The summed E-state index contributed by atoms with van der Waals surface area (Å²) < 4.78 is 0. The third-order valence-electron chi connectivity index (χ3n) is 2.85. The number of fused-ring (bicyclic) bond motifs is 1. The zero-order chi connectivity index (χ0) is 12.5. The highest BCUT2D eigenvalue weighted by atomic mass is 35.5. The van der Waals surface area contributed by atoms with E-state index in [-0.39, 0.29) is 17.2 Å². The average molecular weight is 267 g/mol. The molecule has 0 radical (unpaired) electrons. The number of carbonyl (C=O) groups is 1. The number of nitrogens with one attached hydrogen (secondary N) is 3. The maximum absolute atomic E-state index is 11.7. The molecule has 0 aliphatic carbocycles. The molecule has 3 heterocycles. The molecule has 0 spiro atoms. The zero-order valence-electron chi connectivity index (χ0n) is 9.40. The van der Waals surface area contributed by atoms with Crippen LogP contribution in [0.15, 0.2) is 6.33 Å². The molecule has 2 aromatic rings. The van der Waals surface area contributed by atoms with Crippen molar-refractivity contribution in [3.63, 3.8) is 0 Å². The molecule has 3 rings (SSSR count). The molecule has 0 bridgehead atoms. The molecular weight excluding hydrogens is 256 g/mol. The zero-order valence-corrected chi connectivity index (χ0v) is 10.2. The quantitative estimate of drug-likeness (QED) is 0.696. The Labute approximate surface area is 107 Å². The van der Waals surface area contributed by atoms with E-state index in [1.165, 1.54) is 6.33 Å². The van der Waals surface area contributed by atoms with Crippen molar-refractivity contribution in [2.24, 2.45) is 0 Å². The van der Waals surface area contributed by atoms with Crippen LogP contribution in [0.25, 0.3) is 11.2 Å². The van der Waals surface area contributed by atoms with Gasteiger partial charge in [-0.1, -0.05) is 0 Å². The summed E-state index contributed by atoms with van der Waals surface area (Å²) in [5.41, 5.74) is 1.13. The van der Waals surface area contributed by atoms with Crippen molar-refractivity contribution in [1.82, 2.24) is 25.3 Å². The molecule has 0 aromatic carbocycles. The van der Waals surface area contributed by atoms with Crippen molar-refractivity contribution in [2.45, 2.75) is 18.9 Å². The van der Waals surface area contributed by atoms with Crippen molar-refractivity contribution in [2.75, 3.05) is 11.9 Å². The molecule has 1 atom stereocenters. The second-order valence-corrected chi connectivity index (χ2v) is 4.41. The summed E-state index contributed by atoms with van der Waals surface area (Å²) in [4.78, 5) is 26.7. The van der Waals surface area contributed by atoms with Crippen LogP contribution in [0.1, 0.15) is 12.8 Å². The van der Waals surface area contributed by atoms with Gasteiger partial charge in [0.15, 0.2) is 11.5 Å². The molecule has 1 unspecified atom stereocenters. The highest BCUT2D eigenvalue weighted by Crippen LogP contribution is 2.20. The third-order valence-corrected chi connectivity index (χ3v) is 3.02. The minimum atomic E-state index is -0.295. The first-order chi connectivity index (χ1) is 8.74. The van der Waals surface area contributed by atoms with E-state index in [2.05, 4.69) is 30.6 Å². The Balaban J connectivity index is 1.93. The van der Waals surface area contributed by atoms with E-state index in [1.54, 1.807) is 0 Å². The number of carbonyl (C=O) groups excluding carboxylic acids is 1. The van der Waals surface area contributed by atoms with Crippen molar-refractivity contribution < 1.29 is 4.79 Å². The van der Waals surface area contributed by atoms with Gasteiger partial charge in [-0.25, -0.2) is 4.98 Å². The van der Waals surface area contributed by atoms with Crippen LogP contribution >= 0.6 is 11.6 Å². The van der Waals surface area contributed by atoms with Crippen LogP contribution in [0, 0.1) is 0 Å². The number of H-pyrrole nitrogens is 1. The Morgan fingerprint density at radius 3 is 3.17 bits per heavy atom. The molecule has 7 nitrogen and oxygen atoms in total. The van der Waals surface area contributed by atoms with E-state index in [9.17, 15) is 4.79 Å². The molecule has 2 aromatic heterocycles. The van der Waals surface area contributed by atoms with Gasteiger partial charge in [0.25, 0.3) is 0 Å². The van der Waals surface area contributed by atoms with Crippen LogP contribution in [-0.2, 0) is 4.79 Å². The van der Waals surface area contributed by atoms with E-state index >= 15 is 0 Å². The number of amides is 1. The number of piperidine rings is 1. The van der Waals surface area contributed by atoms with E-state index in [0.29, 0.717) is 17.0 Å². The molecule has 94 valence electrons. The number of imidazole rings is 1. The van der Waals surface area contributed by atoms with Crippen molar-refractivity contribution >= 4 is 34.5 Å². The van der Waals surface area contributed by atoms with E-state index in [4.69, 9.17) is 11.6 Å². The number of aromatic amines is 1. The lowest BCUT2D eigenvalue weighted by atomic mass is 10.1. The predicted octanol–water partition coefficient (Wildman–Crippen LogP) is 0.697. The summed E-state index contributed by atoms with van der Waals surface area (Å²) in [7, 11) is 0. The maximum atomic E-state index is 11.7. The summed E-state index contributed by atoms with van der Waals surface area (Å²) in [6.45, 7) is 0.723. The molecule has 1 fully saturated rings. The standard InChI is InChI=1S/C10H11ClN6O/c11-10-16-7-6(13-4-14-7)8(17-10)15-5-2-1-3-12-9(5)18/h4-5H,1-3H2,(H,12,18)(H2,13,14,15,16,17). The molecular formula is C10H11ClN6O. The van der Waals surface area contributed by atoms with Gasteiger partial charge in [0.05, 0.1) is 6.33 Å². The first-order valence-electron chi connectivity index (χ1n) is 5.65. The summed E-state index contributed by atoms with van der Waals surface area (Å²) in [5.74, 6) is 0.480. The van der Waals surface area contributed by atoms with Gasteiger partial charge in [0, 0.05) is 6.54 Å². The smallest absolute Gasteiger partial charge is 0.242 e. The highest BCUT2D eigenvalue weighted by Gasteiger charge is 2.23. The second-order valence-electron chi connectivity index (χ2n) is 4.07. The van der Waals surface area contributed by atoms with E-state index < -0.39 is 0 Å². The number of aromatic nitrogens is 4. The van der Waals surface area contributed by atoms with E-state index in [1.807, 2.05) is 0 Å². The molecule has 3 N–H and O–H groups in total. The molecule has 1 aliphatic rings. The van der Waals surface area contributed by atoms with Crippen LogP contribution in [0.2, 0.25) is 5.28 Å².